The van der Waals surface area contributed by atoms with Crippen LogP contribution in [0.3, 0.4) is 0 Å². The second-order valence-electron chi connectivity index (χ2n) is 5.05. The Morgan fingerprint density at radius 3 is 2.35 bits per heavy atom. The topological polar surface area (TPSA) is 9.23 Å². The normalized spacial score (nSPS) is 18.4. The van der Waals surface area contributed by atoms with Crippen LogP contribution in [0.2, 0.25) is 0 Å². The number of rotatable bonds is 3. The average Bonchev–Trinajstić information content (AvgIpc) is 2.33. The monoisotopic (exact) mass is 232 g/mol. The van der Waals surface area contributed by atoms with E-state index in [0.717, 1.165) is 12.2 Å². The van der Waals surface area contributed by atoms with Gasteiger partial charge in [0.05, 0.1) is 6.10 Å². The predicted molar refractivity (Wildman–Crippen MR) is 72.6 cm³/mol. The second-order valence-corrected chi connectivity index (χ2v) is 5.05. The highest BCUT2D eigenvalue weighted by Crippen LogP contribution is 2.25. The van der Waals surface area contributed by atoms with Gasteiger partial charge in [-0.25, -0.2) is 0 Å². The fraction of sp³-hybridized carbons (Fsp3) is 0.625. The van der Waals surface area contributed by atoms with E-state index in [9.17, 15) is 0 Å². The number of aryl methyl sites for hydroxylation is 1. The third-order valence-electron chi connectivity index (χ3n) is 3.70. The molecule has 1 saturated carbocycles. The molecule has 94 valence electrons. The summed E-state index contributed by atoms with van der Waals surface area (Å²) in [7, 11) is 0. The summed E-state index contributed by atoms with van der Waals surface area (Å²) in [5.41, 5.74) is 1.34. The van der Waals surface area contributed by atoms with E-state index in [1.165, 1.54) is 50.5 Å². The molecule has 1 nitrogen and oxygen atoms in total. The van der Waals surface area contributed by atoms with Crippen LogP contribution >= 0.6 is 0 Å². The van der Waals surface area contributed by atoms with Gasteiger partial charge in [0, 0.05) is 0 Å². The van der Waals surface area contributed by atoms with E-state index in [-0.39, 0.29) is 0 Å². The van der Waals surface area contributed by atoms with Gasteiger partial charge in [0.25, 0.3) is 0 Å². The molecule has 0 bridgehead atoms. The minimum absolute atomic E-state index is 0.447. The van der Waals surface area contributed by atoms with E-state index in [4.69, 9.17) is 4.74 Å². The lowest BCUT2D eigenvalue weighted by Crippen LogP contribution is -2.18. The Bertz CT molecular complexity index is 324. The van der Waals surface area contributed by atoms with Gasteiger partial charge in [0.15, 0.2) is 0 Å². The van der Waals surface area contributed by atoms with Gasteiger partial charge in [0.2, 0.25) is 0 Å². The van der Waals surface area contributed by atoms with Gasteiger partial charge in [-0.2, -0.15) is 0 Å². The molecule has 0 aromatic heterocycles. The van der Waals surface area contributed by atoms with Crippen molar-refractivity contribution in [1.82, 2.24) is 0 Å². The van der Waals surface area contributed by atoms with Gasteiger partial charge in [-0.3, -0.25) is 0 Å². The van der Waals surface area contributed by atoms with E-state index in [0.29, 0.717) is 6.10 Å². The molecule has 17 heavy (non-hydrogen) atoms. The van der Waals surface area contributed by atoms with Crippen LogP contribution in [-0.2, 0) is 6.42 Å². The lowest BCUT2D eigenvalue weighted by atomic mass is 9.98. The van der Waals surface area contributed by atoms with Crippen molar-refractivity contribution in [2.75, 3.05) is 0 Å². The van der Waals surface area contributed by atoms with Crippen molar-refractivity contribution in [2.45, 2.75) is 64.4 Å². The summed E-state index contributed by atoms with van der Waals surface area (Å²) in [6.45, 7) is 2.19. The number of benzene rings is 1. The highest BCUT2D eigenvalue weighted by atomic mass is 16.5. The molecule has 1 aromatic carbocycles. The maximum atomic E-state index is 6.21. The first-order chi connectivity index (χ1) is 8.40. The summed E-state index contributed by atoms with van der Waals surface area (Å²) in [5, 5.41) is 0. The molecule has 0 radical (unpaired) electrons. The fourth-order valence-electron chi connectivity index (χ4n) is 2.63. The zero-order chi connectivity index (χ0) is 11.9. The standard InChI is InChI=1S/C16H24O/c1-2-14-10-8-9-13-16(14)17-15-11-6-4-3-5-7-12-15/h8-10,13,15H,2-7,11-12H2,1H3. The Balaban J connectivity index is 1.97. The Hall–Kier alpha value is -0.980. The van der Waals surface area contributed by atoms with E-state index in [2.05, 4.69) is 31.2 Å². The zero-order valence-corrected chi connectivity index (χ0v) is 11.0. The van der Waals surface area contributed by atoms with Crippen molar-refractivity contribution >= 4 is 0 Å². The summed E-state index contributed by atoms with van der Waals surface area (Å²) in [5.74, 6) is 1.11. The quantitative estimate of drug-likeness (QED) is 0.731. The molecular formula is C16H24O. The zero-order valence-electron chi connectivity index (χ0n) is 11.0. The van der Waals surface area contributed by atoms with Crippen LogP contribution in [0.5, 0.6) is 5.75 Å². The lowest BCUT2D eigenvalue weighted by Gasteiger charge is -2.22. The third kappa shape index (κ3) is 3.76. The Morgan fingerprint density at radius 2 is 1.65 bits per heavy atom. The van der Waals surface area contributed by atoms with E-state index in [1.807, 2.05) is 0 Å². The van der Waals surface area contributed by atoms with Gasteiger partial charge in [0.1, 0.15) is 5.75 Å². The first-order valence-corrected chi connectivity index (χ1v) is 7.14. The molecule has 0 unspecified atom stereocenters. The van der Waals surface area contributed by atoms with Crippen LogP contribution in [0, 0.1) is 0 Å². The molecular weight excluding hydrogens is 208 g/mol. The van der Waals surface area contributed by atoms with Crippen LogP contribution < -0.4 is 4.74 Å². The molecule has 2 rings (SSSR count). The van der Waals surface area contributed by atoms with Crippen LogP contribution in [0.15, 0.2) is 24.3 Å². The van der Waals surface area contributed by atoms with Crippen LogP contribution in [0.1, 0.15) is 57.4 Å². The summed E-state index contributed by atoms with van der Waals surface area (Å²) >= 11 is 0. The van der Waals surface area contributed by atoms with Crippen molar-refractivity contribution in [3.8, 4) is 5.75 Å². The minimum atomic E-state index is 0.447. The Labute approximate surface area is 105 Å². The molecule has 0 aliphatic heterocycles. The number of hydrogen-bond donors (Lipinski definition) is 0. The number of ether oxygens (including phenoxy) is 1. The van der Waals surface area contributed by atoms with Gasteiger partial charge >= 0.3 is 0 Å². The molecule has 1 aromatic rings. The van der Waals surface area contributed by atoms with E-state index < -0.39 is 0 Å². The average molecular weight is 232 g/mol. The Morgan fingerprint density at radius 1 is 1.00 bits per heavy atom. The molecule has 1 aliphatic carbocycles. The summed E-state index contributed by atoms with van der Waals surface area (Å²) < 4.78 is 6.21. The highest BCUT2D eigenvalue weighted by Gasteiger charge is 2.13. The predicted octanol–water partition coefficient (Wildman–Crippen LogP) is 4.74. The molecule has 0 atom stereocenters. The van der Waals surface area contributed by atoms with E-state index in [1.54, 1.807) is 0 Å². The van der Waals surface area contributed by atoms with Gasteiger partial charge in [-0.15, -0.1) is 0 Å². The molecule has 0 saturated heterocycles. The van der Waals surface area contributed by atoms with Crippen molar-refractivity contribution < 1.29 is 4.74 Å². The smallest absolute Gasteiger partial charge is 0.122 e. The second kappa shape index (κ2) is 6.68. The molecule has 0 heterocycles. The van der Waals surface area contributed by atoms with E-state index >= 15 is 0 Å². The summed E-state index contributed by atoms with van der Waals surface area (Å²) in [4.78, 5) is 0. The van der Waals surface area contributed by atoms with Crippen molar-refractivity contribution in [3.05, 3.63) is 29.8 Å². The van der Waals surface area contributed by atoms with Gasteiger partial charge in [-0.1, -0.05) is 44.4 Å². The first kappa shape index (κ1) is 12.5. The lowest BCUT2D eigenvalue weighted by molar-refractivity contribution is 0.165. The molecule has 0 amide bonds. The maximum Gasteiger partial charge on any atom is 0.122 e. The summed E-state index contributed by atoms with van der Waals surface area (Å²) in [6.07, 6.45) is 10.8. The molecule has 0 spiro atoms. The molecule has 0 N–H and O–H groups in total. The number of para-hydroxylation sites is 1. The van der Waals surface area contributed by atoms with Gasteiger partial charge < -0.3 is 4.74 Å². The largest absolute Gasteiger partial charge is 0.490 e. The van der Waals surface area contributed by atoms with Crippen LogP contribution in [0.4, 0.5) is 0 Å². The molecule has 1 aliphatic rings. The van der Waals surface area contributed by atoms with Crippen LogP contribution in [0.25, 0.3) is 0 Å². The van der Waals surface area contributed by atoms with Crippen molar-refractivity contribution in [2.24, 2.45) is 0 Å². The van der Waals surface area contributed by atoms with Gasteiger partial charge in [-0.05, 0) is 43.7 Å². The SMILES string of the molecule is CCc1ccccc1OC1CCCCCCC1. The fourth-order valence-corrected chi connectivity index (χ4v) is 2.63. The highest BCUT2D eigenvalue weighted by molar-refractivity contribution is 5.33. The molecule has 1 fully saturated rings. The third-order valence-corrected chi connectivity index (χ3v) is 3.70. The number of hydrogen-bond acceptors (Lipinski definition) is 1. The van der Waals surface area contributed by atoms with Crippen LogP contribution in [-0.4, -0.2) is 6.10 Å². The Kier molecular flexibility index (Phi) is 4.90. The maximum absolute atomic E-state index is 6.21. The first-order valence-electron chi connectivity index (χ1n) is 7.14. The summed E-state index contributed by atoms with van der Waals surface area (Å²) in [6, 6.07) is 8.48. The van der Waals surface area contributed by atoms with Crippen molar-refractivity contribution in [3.63, 3.8) is 0 Å². The minimum Gasteiger partial charge on any atom is -0.490 e. The molecule has 1 heteroatoms. The van der Waals surface area contributed by atoms with Crippen molar-refractivity contribution in [1.29, 1.82) is 0 Å².